The molecule has 148 valence electrons. The fraction of sp³-hybridized carbons (Fsp3) is 0.500. The van der Waals surface area contributed by atoms with E-state index in [2.05, 4.69) is 51.2 Å². The number of piperidine rings is 1. The lowest BCUT2D eigenvalue weighted by atomic mass is 9.94. The van der Waals surface area contributed by atoms with Gasteiger partial charge < -0.3 is 9.80 Å². The van der Waals surface area contributed by atoms with Gasteiger partial charge in [-0.15, -0.1) is 0 Å². The van der Waals surface area contributed by atoms with Crippen molar-refractivity contribution >= 4 is 5.91 Å². The Bertz CT molecular complexity index is 749. The first kappa shape index (κ1) is 19.1. The number of pyridine rings is 1. The number of carbonyl (C=O) groups is 1. The Labute approximate surface area is 168 Å². The number of rotatable bonds is 7. The van der Waals surface area contributed by atoms with E-state index in [-0.39, 0.29) is 0 Å². The first-order valence-corrected chi connectivity index (χ1v) is 10.7. The molecule has 1 aromatic heterocycles. The summed E-state index contributed by atoms with van der Waals surface area (Å²) in [5.41, 5.74) is 2.57. The largest absolute Gasteiger partial charge is 0.338 e. The Balaban J connectivity index is 1.28. The summed E-state index contributed by atoms with van der Waals surface area (Å²) < 4.78 is 0. The molecule has 0 N–H and O–H groups in total. The van der Waals surface area contributed by atoms with Crippen molar-refractivity contribution in [2.75, 3.05) is 26.2 Å². The number of hydrogen-bond acceptors (Lipinski definition) is 3. The topological polar surface area (TPSA) is 36.4 Å². The van der Waals surface area contributed by atoms with E-state index in [9.17, 15) is 4.79 Å². The summed E-state index contributed by atoms with van der Waals surface area (Å²) in [6, 6.07) is 15.2. The highest BCUT2D eigenvalue weighted by Crippen LogP contribution is 2.29. The van der Waals surface area contributed by atoms with Gasteiger partial charge in [-0.3, -0.25) is 9.78 Å². The van der Waals surface area contributed by atoms with E-state index >= 15 is 0 Å². The van der Waals surface area contributed by atoms with Crippen LogP contribution in [0.5, 0.6) is 0 Å². The van der Waals surface area contributed by atoms with E-state index in [4.69, 9.17) is 0 Å². The zero-order valence-electron chi connectivity index (χ0n) is 16.7. The van der Waals surface area contributed by atoms with Crippen LogP contribution in [-0.2, 0) is 17.6 Å². The van der Waals surface area contributed by atoms with Crippen LogP contribution in [0.4, 0.5) is 0 Å². The van der Waals surface area contributed by atoms with Crippen molar-refractivity contribution in [1.82, 2.24) is 14.8 Å². The summed E-state index contributed by atoms with van der Waals surface area (Å²) in [5.74, 6) is 0.961. The van der Waals surface area contributed by atoms with Gasteiger partial charge in [0.25, 0.3) is 0 Å². The van der Waals surface area contributed by atoms with Crippen molar-refractivity contribution in [2.24, 2.45) is 5.92 Å². The summed E-state index contributed by atoms with van der Waals surface area (Å²) in [4.78, 5) is 21.9. The molecule has 3 aliphatic rings. The fourth-order valence-corrected chi connectivity index (χ4v) is 4.76. The molecule has 3 aliphatic heterocycles. The molecule has 2 atom stereocenters. The molecule has 5 rings (SSSR count). The average molecular weight is 378 g/mol. The van der Waals surface area contributed by atoms with Crippen LogP contribution in [0.25, 0.3) is 0 Å². The van der Waals surface area contributed by atoms with E-state index in [1.54, 1.807) is 6.20 Å². The minimum Gasteiger partial charge on any atom is -0.338 e. The number of aryl methyl sites for hydroxylation is 2. The molecule has 0 spiro atoms. The van der Waals surface area contributed by atoms with Gasteiger partial charge >= 0.3 is 0 Å². The maximum absolute atomic E-state index is 12.9. The second-order valence-electron chi connectivity index (χ2n) is 8.35. The molecule has 0 aliphatic carbocycles. The molecular weight excluding hydrogens is 346 g/mol. The van der Waals surface area contributed by atoms with E-state index in [1.165, 1.54) is 24.8 Å². The summed E-state index contributed by atoms with van der Waals surface area (Å²) in [5, 5.41) is 0. The van der Waals surface area contributed by atoms with Crippen molar-refractivity contribution in [2.45, 2.75) is 44.6 Å². The van der Waals surface area contributed by atoms with Crippen molar-refractivity contribution in [3.05, 3.63) is 66.0 Å². The number of hydrogen-bond donors (Lipinski definition) is 0. The third kappa shape index (κ3) is 4.99. The Morgan fingerprint density at radius 3 is 2.64 bits per heavy atom. The van der Waals surface area contributed by atoms with Gasteiger partial charge in [0, 0.05) is 44.5 Å². The Kier molecular flexibility index (Phi) is 6.38. The molecule has 2 aromatic rings. The maximum Gasteiger partial charge on any atom is 0.223 e. The number of carbonyl (C=O) groups excluding carboxylic acids is 1. The van der Waals surface area contributed by atoms with Gasteiger partial charge in [-0.1, -0.05) is 36.4 Å². The van der Waals surface area contributed by atoms with Gasteiger partial charge in [0.2, 0.25) is 5.91 Å². The predicted octanol–water partition coefficient (Wildman–Crippen LogP) is 3.57. The van der Waals surface area contributed by atoms with Gasteiger partial charge in [-0.25, -0.2) is 0 Å². The minimum absolute atomic E-state index is 0.324. The van der Waals surface area contributed by atoms with Crippen LogP contribution in [0.1, 0.15) is 36.8 Å². The molecule has 0 saturated carbocycles. The van der Waals surface area contributed by atoms with Crippen LogP contribution in [0.15, 0.2) is 54.9 Å². The normalized spacial score (nSPS) is 22.2. The second-order valence-corrected chi connectivity index (χ2v) is 8.35. The molecule has 1 aromatic carbocycles. The smallest absolute Gasteiger partial charge is 0.223 e. The molecule has 3 saturated heterocycles. The second kappa shape index (κ2) is 9.33. The minimum atomic E-state index is 0.324. The standard InChI is InChI=1S/C24H31N3O/c28-24(13-11-21-8-4-14-25-16-21)27-18-22-10-12-23(27)19-26(17-22)15-5-9-20-6-2-1-3-7-20/h1-4,6-8,14,16,22-23H,5,9-13,15,17-19H2/t22-,23+/m0/s1. The van der Waals surface area contributed by atoms with Gasteiger partial charge in [-0.05, 0) is 61.8 Å². The first-order chi connectivity index (χ1) is 13.8. The molecule has 0 radical (unpaired) electrons. The monoisotopic (exact) mass is 377 g/mol. The van der Waals surface area contributed by atoms with Crippen LogP contribution < -0.4 is 0 Å². The van der Waals surface area contributed by atoms with E-state index in [1.807, 2.05) is 12.3 Å². The molecule has 1 amide bonds. The maximum atomic E-state index is 12.9. The Morgan fingerprint density at radius 2 is 1.82 bits per heavy atom. The summed E-state index contributed by atoms with van der Waals surface area (Å²) in [6.45, 7) is 4.28. The molecule has 4 nitrogen and oxygen atoms in total. The molecule has 4 heterocycles. The van der Waals surface area contributed by atoms with E-state index in [0.717, 1.165) is 44.6 Å². The van der Waals surface area contributed by atoms with Crippen molar-refractivity contribution < 1.29 is 4.79 Å². The highest BCUT2D eigenvalue weighted by molar-refractivity contribution is 5.77. The van der Waals surface area contributed by atoms with E-state index in [0.29, 0.717) is 24.3 Å². The van der Waals surface area contributed by atoms with Gasteiger partial charge in [0.15, 0.2) is 0 Å². The van der Waals surface area contributed by atoms with Crippen LogP contribution in [0.2, 0.25) is 0 Å². The van der Waals surface area contributed by atoms with Crippen LogP contribution in [0, 0.1) is 5.92 Å². The average Bonchev–Trinajstić information content (AvgIpc) is 3.05. The quantitative estimate of drug-likeness (QED) is 0.740. The fourth-order valence-electron chi connectivity index (χ4n) is 4.76. The third-order valence-corrected chi connectivity index (χ3v) is 6.24. The lowest BCUT2D eigenvalue weighted by Gasteiger charge is -2.36. The summed E-state index contributed by atoms with van der Waals surface area (Å²) in [7, 11) is 0. The Morgan fingerprint density at radius 1 is 0.964 bits per heavy atom. The zero-order valence-corrected chi connectivity index (χ0v) is 16.7. The molecule has 0 unspecified atom stereocenters. The number of nitrogens with zero attached hydrogens (tertiary/aromatic N) is 3. The number of fused-ring (bicyclic) bond motifs is 4. The Hall–Kier alpha value is -2.20. The number of aromatic nitrogens is 1. The van der Waals surface area contributed by atoms with Gasteiger partial charge in [-0.2, -0.15) is 0 Å². The molecule has 28 heavy (non-hydrogen) atoms. The molecule has 3 fully saturated rings. The zero-order chi connectivity index (χ0) is 19.2. The van der Waals surface area contributed by atoms with Crippen LogP contribution in [0.3, 0.4) is 0 Å². The van der Waals surface area contributed by atoms with Crippen LogP contribution >= 0.6 is 0 Å². The highest BCUT2D eigenvalue weighted by Gasteiger charge is 2.36. The van der Waals surface area contributed by atoms with Gasteiger partial charge in [0.1, 0.15) is 0 Å². The number of benzene rings is 1. The lowest BCUT2D eigenvalue weighted by molar-refractivity contribution is -0.135. The summed E-state index contributed by atoms with van der Waals surface area (Å²) >= 11 is 0. The van der Waals surface area contributed by atoms with Crippen molar-refractivity contribution in [3.8, 4) is 0 Å². The van der Waals surface area contributed by atoms with Crippen molar-refractivity contribution in [3.63, 3.8) is 0 Å². The number of amides is 1. The van der Waals surface area contributed by atoms with E-state index < -0.39 is 0 Å². The van der Waals surface area contributed by atoms with Crippen LogP contribution in [-0.4, -0.2) is 52.9 Å². The SMILES string of the molecule is O=C(CCc1cccnc1)N1C[C@H]2CC[C@@H]1CN(CCCc1ccccc1)C2. The van der Waals surface area contributed by atoms with Gasteiger partial charge in [0.05, 0.1) is 0 Å². The molecule has 4 heteroatoms. The highest BCUT2D eigenvalue weighted by atomic mass is 16.2. The third-order valence-electron chi connectivity index (χ3n) is 6.24. The summed E-state index contributed by atoms with van der Waals surface area (Å²) in [6.07, 6.45) is 9.82. The predicted molar refractivity (Wildman–Crippen MR) is 112 cm³/mol. The molecule has 2 bridgehead atoms. The molecular formula is C24H31N3O. The lowest BCUT2D eigenvalue weighted by Crippen LogP contribution is -2.47. The van der Waals surface area contributed by atoms with Crippen molar-refractivity contribution in [1.29, 1.82) is 0 Å². The first-order valence-electron chi connectivity index (χ1n) is 10.7.